The summed E-state index contributed by atoms with van der Waals surface area (Å²) in [6.07, 6.45) is 3.99. The van der Waals surface area contributed by atoms with Crippen molar-refractivity contribution in [3.05, 3.63) is 12.2 Å². The number of aliphatic carboxylic acids is 1. The standard InChI is InChI=1S/C12H17NO4/c1-6(14)5-13-11(15)9-7-2-3-8(4-7)10(9)12(16)17/h2-3,6-10,14H,4-5H2,1H3,(H,13,15)(H,16,17)/t6-,7?,8?,9?,10?/m0/s1. The Morgan fingerprint density at radius 1 is 1.35 bits per heavy atom. The largest absolute Gasteiger partial charge is 0.481 e. The van der Waals surface area contributed by atoms with Crippen LogP contribution in [0.2, 0.25) is 0 Å². The summed E-state index contributed by atoms with van der Waals surface area (Å²) in [6.45, 7) is 1.75. The summed E-state index contributed by atoms with van der Waals surface area (Å²) in [5.41, 5.74) is 0. The first-order valence-electron chi connectivity index (χ1n) is 5.87. The number of amides is 1. The van der Waals surface area contributed by atoms with Gasteiger partial charge in [0, 0.05) is 6.54 Å². The monoisotopic (exact) mass is 239 g/mol. The molecule has 5 atom stereocenters. The Labute approximate surface area is 99.5 Å². The molecule has 0 aromatic carbocycles. The number of aliphatic hydroxyl groups is 1. The van der Waals surface area contributed by atoms with Crippen molar-refractivity contribution in [1.82, 2.24) is 5.32 Å². The number of hydrogen-bond donors (Lipinski definition) is 3. The molecule has 0 heterocycles. The zero-order chi connectivity index (χ0) is 12.6. The molecule has 0 spiro atoms. The van der Waals surface area contributed by atoms with Crippen LogP contribution in [0, 0.1) is 23.7 Å². The molecule has 0 radical (unpaired) electrons. The highest BCUT2D eigenvalue weighted by molar-refractivity contribution is 5.86. The topological polar surface area (TPSA) is 86.6 Å². The van der Waals surface area contributed by atoms with E-state index in [2.05, 4.69) is 5.32 Å². The van der Waals surface area contributed by atoms with E-state index in [1.54, 1.807) is 6.92 Å². The van der Waals surface area contributed by atoms with Gasteiger partial charge < -0.3 is 15.5 Å². The predicted molar refractivity (Wildman–Crippen MR) is 60.0 cm³/mol. The number of hydrogen-bond acceptors (Lipinski definition) is 3. The smallest absolute Gasteiger partial charge is 0.307 e. The molecule has 0 saturated heterocycles. The highest BCUT2D eigenvalue weighted by Crippen LogP contribution is 2.48. The number of rotatable bonds is 4. The van der Waals surface area contributed by atoms with Crippen LogP contribution >= 0.6 is 0 Å². The molecule has 3 N–H and O–H groups in total. The summed E-state index contributed by atoms with van der Waals surface area (Å²) >= 11 is 0. The first-order chi connectivity index (χ1) is 8.00. The molecule has 4 unspecified atom stereocenters. The summed E-state index contributed by atoms with van der Waals surface area (Å²) in [4.78, 5) is 23.1. The highest BCUT2D eigenvalue weighted by Gasteiger charge is 2.51. The molecular formula is C12H17NO4. The molecule has 2 bridgehead atoms. The molecule has 2 aliphatic carbocycles. The SMILES string of the molecule is C[C@H](O)CNC(=O)C1C2C=CC(C2)C1C(=O)O. The van der Waals surface area contributed by atoms with Crippen LogP contribution < -0.4 is 5.32 Å². The van der Waals surface area contributed by atoms with Gasteiger partial charge in [-0.05, 0) is 25.2 Å². The molecule has 0 aromatic rings. The first-order valence-corrected chi connectivity index (χ1v) is 5.87. The van der Waals surface area contributed by atoms with Crippen LogP contribution in [0.1, 0.15) is 13.3 Å². The van der Waals surface area contributed by atoms with E-state index in [0.29, 0.717) is 0 Å². The second-order valence-corrected chi connectivity index (χ2v) is 4.93. The van der Waals surface area contributed by atoms with Crippen LogP contribution in [0.4, 0.5) is 0 Å². The van der Waals surface area contributed by atoms with Crippen molar-refractivity contribution >= 4 is 11.9 Å². The van der Waals surface area contributed by atoms with Crippen molar-refractivity contribution < 1.29 is 19.8 Å². The van der Waals surface area contributed by atoms with Crippen LogP contribution in [0.15, 0.2) is 12.2 Å². The van der Waals surface area contributed by atoms with Crippen molar-refractivity contribution in [2.75, 3.05) is 6.54 Å². The zero-order valence-corrected chi connectivity index (χ0v) is 9.67. The molecule has 5 nitrogen and oxygen atoms in total. The van der Waals surface area contributed by atoms with Crippen LogP contribution in [-0.4, -0.2) is 34.7 Å². The molecule has 2 aliphatic rings. The third kappa shape index (κ3) is 2.20. The summed E-state index contributed by atoms with van der Waals surface area (Å²) in [6, 6.07) is 0. The molecule has 2 rings (SSSR count). The fourth-order valence-electron chi connectivity index (χ4n) is 2.88. The lowest BCUT2D eigenvalue weighted by Crippen LogP contribution is -2.42. The van der Waals surface area contributed by atoms with Crippen molar-refractivity contribution in [1.29, 1.82) is 0 Å². The van der Waals surface area contributed by atoms with E-state index in [9.17, 15) is 9.59 Å². The van der Waals surface area contributed by atoms with E-state index in [-0.39, 0.29) is 24.3 Å². The molecular weight excluding hydrogens is 222 g/mol. The average Bonchev–Trinajstić information content (AvgIpc) is 2.84. The van der Waals surface area contributed by atoms with E-state index in [1.165, 1.54) is 0 Å². The maximum Gasteiger partial charge on any atom is 0.307 e. The fourth-order valence-corrected chi connectivity index (χ4v) is 2.88. The van der Waals surface area contributed by atoms with Crippen molar-refractivity contribution in [3.8, 4) is 0 Å². The Bertz CT molecular complexity index is 364. The van der Waals surface area contributed by atoms with Gasteiger partial charge in [-0.1, -0.05) is 12.2 Å². The molecule has 17 heavy (non-hydrogen) atoms. The number of carboxylic acids is 1. The maximum atomic E-state index is 11.9. The minimum atomic E-state index is -0.904. The summed E-state index contributed by atoms with van der Waals surface area (Å²) in [7, 11) is 0. The van der Waals surface area contributed by atoms with Gasteiger partial charge in [0.1, 0.15) is 0 Å². The van der Waals surface area contributed by atoms with Gasteiger partial charge in [-0.15, -0.1) is 0 Å². The van der Waals surface area contributed by atoms with Gasteiger partial charge in [0.2, 0.25) is 5.91 Å². The van der Waals surface area contributed by atoms with Crippen molar-refractivity contribution in [2.24, 2.45) is 23.7 Å². The molecule has 0 aliphatic heterocycles. The Balaban J connectivity index is 2.06. The van der Waals surface area contributed by atoms with Gasteiger partial charge >= 0.3 is 5.97 Å². The Hall–Kier alpha value is -1.36. The Morgan fingerprint density at radius 2 is 1.94 bits per heavy atom. The summed E-state index contributed by atoms with van der Waals surface area (Å²) in [5, 5.41) is 20.9. The van der Waals surface area contributed by atoms with E-state index in [0.717, 1.165) is 6.42 Å². The quantitative estimate of drug-likeness (QED) is 0.603. The minimum Gasteiger partial charge on any atom is -0.481 e. The van der Waals surface area contributed by atoms with Crippen LogP contribution in [0.5, 0.6) is 0 Å². The van der Waals surface area contributed by atoms with Gasteiger partial charge in [-0.3, -0.25) is 9.59 Å². The Kier molecular flexibility index (Phi) is 3.19. The van der Waals surface area contributed by atoms with Gasteiger partial charge in [0.25, 0.3) is 0 Å². The highest BCUT2D eigenvalue weighted by atomic mass is 16.4. The first kappa shape index (κ1) is 12.1. The molecule has 0 aromatic heterocycles. The molecule has 5 heteroatoms. The zero-order valence-electron chi connectivity index (χ0n) is 9.67. The number of fused-ring (bicyclic) bond motifs is 2. The van der Waals surface area contributed by atoms with E-state index < -0.39 is 23.9 Å². The van der Waals surface area contributed by atoms with Gasteiger partial charge in [-0.25, -0.2) is 0 Å². The Morgan fingerprint density at radius 3 is 2.47 bits per heavy atom. The van der Waals surface area contributed by atoms with Gasteiger partial charge in [-0.2, -0.15) is 0 Å². The third-order valence-electron chi connectivity index (χ3n) is 3.62. The second-order valence-electron chi connectivity index (χ2n) is 4.93. The van der Waals surface area contributed by atoms with Crippen molar-refractivity contribution in [2.45, 2.75) is 19.4 Å². The van der Waals surface area contributed by atoms with E-state index >= 15 is 0 Å². The third-order valence-corrected chi connectivity index (χ3v) is 3.62. The van der Waals surface area contributed by atoms with Crippen molar-refractivity contribution in [3.63, 3.8) is 0 Å². The number of aliphatic hydroxyl groups excluding tert-OH is 1. The number of carbonyl (C=O) groups is 2. The lowest BCUT2D eigenvalue weighted by molar-refractivity contribution is -0.147. The van der Waals surface area contributed by atoms with Crippen LogP contribution in [0.3, 0.4) is 0 Å². The lowest BCUT2D eigenvalue weighted by atomic mass is 9.82. The number of nitrogens with one attached hydrogen (secondary N) is 1. The van der Waals surface area contributed by atoms with Gasteiger partial charge in [0.15, 0.2) is 0 Å². The van der Waals surface area contributed by atoms with E-state index in [1.807, 2.05) is 12.2 Å². The normalized spacial score (nSPS) is 35.9. The molecule has 1 fully saturated rings. The van der Waals surface area contributed by atoms with Crippen LogP contribution in [-0.2, 0) is 9.59 Å². The minimum absolute atomic E-state index is 0.0141. The average molecular weight is 239 g/mol. The number of carbonyl (C=O) groups excluding carboxylic acids is 1. The second kappa shape index (κ2) is 4.49. The fraction of sp³-hybridized carbons (Fsp3) is 0.667. The lowest BCUT2D eigenvalue weighted by Gasteiger charge is -2.24. The summed E-state index contributed by atoms with van der Waals surface area (Å²) in [5.74, 6) is -2.23. The molecule has 1 saturated carbocycles. The van der Waals surface area contributed by atoms with Gasteiger partial charge in [0.05, 0.1) is 17.9 Å². The van der Waals surface area contributed by atoms with E-state index in [4.69, 9.17) is 10.2 Å². The number of carboxylic acid groups (broad SMARTS) is 1. The van der Waals surface area contributed by atoms with Crippen LogP contribution in [0.25, 0.3) is 0 Å². The predicted octanol–water partition coefficient (Wildman–Crippen LogP) is 0.00630. The maximum absolute atomic E-state index is 11.9. The summed E-state index contributed by atoms with van der Waals surface area (Å²) < 4.78 is 0. The molecule has 1 amide bonds. The number of allylic oxidation sites excluding steroid dienone is 2. The molecule has 94 valence electrons.